The summed E-state index contributed by atoms with van der Waals surface area (Å²) >= 11 is 0. The highest BCUT2D eigenvalue weighted by molar-refractivity contribution is 5.92. The van der Waals surface area contributed by atoms with Crippen molar-refractivity contribution in [1.29, 1.82) is 0 Å². The quantitative estimate of drug-likeness (QED) is 0.618. The molecule has 1 saturated heterocycles. The topological polar surface area (TPSA) is 68.2 Å². The minimum Gasteiger partial charge on any atom is -0.493 e. The third-order valence-corrected chi connectivity index (χ3v) is 7.17. The van der Waals surface area contributed by atoms with E-state index in [0.717, 1.165) is 36.8 Å². The third-order valence-electron chi connectivity index (χ3n) is 7.17. The van der Waals surface area contributed by atoms with E-state index in [0.29, 0.717) is 30.2 Å². The van der Waals surface area contributed by atoms with Gasteiger partial charge < -0.3 is 24.2 Å². The predicted octanol–water partition coefficient (Wildman–Crippen LogP) is 4.76. The number of piperidine rings is 1. The molecule has 3 atom stereocenters. The number of fused-ring (bicyclic) bond motifs is 1. The average molecular weight is 470 g/mol. The lowest BCUT2D eigenvalue weighted by atomic mass is 9.66. The highest BCUT2D eigenvalue weighted by atomic mass is 19.1. The molecule has 0 radical (unpaired) electrons. The molecule has 4 rings (SSSR count). The molecule has 0 aromatic heterocycles. The van der Waals surface area contributed by atoms with Gasteiger partial charge in [-0.3, -0.25) is 4.79 Å². The summed E-state index contributed by atoms with van der Waals surface area (Å²) in [6.07, 6.45) is 7.35. The number of nitrogens with zero attached hydrogens (tertiary/aromatic N) is 1. The van der Waals surface area contributed by atoms with Gasteiger partial charge in [0.2, 0.25) is 11.7 Å². The number of methoxy groups -OCH3 is 3. The van der Waals surface area contributed by atoms with Crippen LogP contribution in [0.15, 0.2) is 42.5 Å². The Bertz CT molecular complexity index is 1030. The van der Waals surface area contributed by atoms with E-state index in [1.807, 2.05) is 4.90 Å². The van der Waals surface area contributed by atoms with Gasteiger partial charge in [0.15, 0.2) is 11.5 Å². The van der Waals surface area contributed by atoms with Crippen LogP contribution >= 0.6 is 0 Å². The van der Waals surface area contributed by atoms with Gasteiger partial charge in [-0.1, -0.05) is 25.0 Å². The summed E-state index contributed by atoms with van der Waals surface area (Å²) in [4.78, 5) is 15.2. The number of aliphatic hydroxyl groups is 1. The van der Waals surface area contributed by atoms with Crippen molar-refractivity contribution in [2.75, 3.05) is 27.9 Å². The Hall–Kier alpha value is -3.06. The molecule has 7 heteroatoms. The number of ether oxygens (including phenoxy) is 3. The zero-order valence-electron chi connectivity index (χ0n) is 19.9. The minimum absolute atomic E-state index is 0.0843. The van der Waals surface area contributed by atoms with Crippen LogP contribution in [0.1, 0.15) is 49.3 Å². The van der Waals surface area contributed by atoms with Gasteiger partial charge in [0.25, 0.3) is 0 Å². The van der Waals surface area contributed by atoms with Crippen LogP contribution in [0.4, 0.5) is 4.39 Å². The molecule has 2 aromatic carbocycles. The van der Waals surface area contributed by atoms with Gasteiger partial charge >= 0.3 is 0 Å². The molecule has 182 valence electrons. The summed E-state index contributed by atoms with van der Waals surface area (Å²) in [7, 11) is 4.63. The minimum atomic E-state index is -0.797. The van der Waals surface area contributed by atoms with Gasteiger partial charge in [-0.05, 0) is 60.7 Å². The highest BCUT2D eigenvalue weighted by Crippen LogP contribution is 2.49. The van der Waals surface area contributed by atoms with E-state index in [1.54, 1.807) is 44.6 Å². The van der Waals surface area contributed by atoms with Crippen LogP contribution in [0.5, 0.6) is 17.2 Å². The summed E-state index contributed by atoms with van der Waals surface area (Å²) in [5.41, 5.74) is 0.780. The van der Waals surface area contributed by atoms with E-state index in [9.17, 15) is 14.3 Å². The predicted molar refractivity (Wildman–Crippen MR) is 128 cm³/mol. The number of hydrogen-bond acceptors (Lipinski definition) is 5. The first-order valence-electron chi connectivity index (χ1n) is 11.7. The molecule has 1 amide bonds. The van der Waals surface area contributed by atoms with Gasteiger partial charge in [-0.15, -0.1) is 0 Å². The van der Waals surface area contributed by atoms with Crippen LogP contribution in [-0.2, 0) is 4.79 Å². The van der Waals surface area contributed by atoms with Crippen molar-refractivity contribution in [3.05, 3.63) is 59.4 Å². The van der Waals surface area contributed by atoms with Crippen molar-refractivity contribution >= 4 is 12.0 Å². The molecule has 2 aromatic rings. The van der Waals surface area contributed by atoms with Crippen molar-refractivity contribution in [2.24, 2.45) is 5.92 Å². The summed E-state index contributed by atoms with van der Waals surface area (Å²) in [5.74, 6) is 0.928. The molecule has 0 spiro atoms. The molecule has 0 unspecified atom stereocenters. The van der Waals surface area contributed by atoms with E-state index in [-0.39, 0.29) is 23.7 Å². The Kier molecular flexibility index (Phi) is 7.12. The second-order valence-electron chi connectivity index (χ2n) is 9.03. The summed E-state index contributed by atoms with van der Waals surface area (Å²) in [6.45, 7) is 0.438. The van der Waals surface area contributed by atoms with Crippen LogP contribution < -0.4 is 14.2 Å². The normalized spacial score (nSPS) is 24.6. The number of hydrogen-bond donors (Lipinski definition) is 1. The van der Waals surface area contributed by atoms with Gasteiger partial charge in [-0.2, -0.15) is 0 Å². The fraction of sp³-hybridized carbons (Fsp3) is 0.444. The molecule has 1 aliphatic carbocycles. The van der Waals surface area contributed by atoms with Crippen LogP contribution in [0.2, 0.25) is 0 Å². The second kappa shape index (κ2) is 10.1. The van der Waals surface area contributed by atoms with Crippen molar-refractivity contribution in [3.63, 3.8) is 0 Å². The fourth-order valence-electron chi connectivity index (χ4n) is 5.46. The summed E-state index contributed by atoms with van der Waals surface area (Å²) < 4.78 is 29.8. The fourth-order valence-corrected chi connectivity index (χ4v) is 5.46. The highest BCUT2D eigenvalue weighted by Gasteiger charge is 2.49. The van der Waals surface area contributed by atoms with E-state index in [4.69, 9.17) is 14.2 Å². The molecule has 2 aliphatic rings. The number of amides is 1. The number of carbonyl (C=O) groups excluding carboxylic acids is 1. The SMILES string of the molecule is COc1cc(/C=C/C(=O)N2CC[C@]3(O)CCCC[C@H]3[C@H]2c2ccc(F)cc2)cc(OC)c1OC. The maximum Gasteiger partial charge on any atom is 0.247 e. The summed E-state index contributed by atoms with van der Waals surface area (Å²) in [5, 5.41) is 11.4. The molecule has 34 heavy (non-hydrogen) atoms. The Labute approximate surface area is 199 Å². The van der Waals surface area contributed by atoms with Crippen molar-refractivity contribution in [2.45, 2.75) is 43.7 Å². The first-order chi connectivity index (χ1) is 16.4. The lowest BCUT2D eigenvalue weighted by Crippen LogP contribution is -2.56. The molecule has 0 bridgehead atoms. The molecule has 6 nitrogen and oxygen atoms in total. The standard InChI is InChI=1S/C27H32FNO5/c1-32-22-16-18(17-23(33-2)26(22)34-3)7-12-24(30)29-15-14-27(31)13-5-4-6-21(27)25(29)19-8-10-20(28)11-9-19/h7-12,16-17,21,25,31H,4-6,13-15H2,1-3H3/b12-7+/t21-,25+,27+/m0/s1. The number of likely N-dealkylation sites (tertiary alicyclic amines) is 1. The lowest BCUT2D eigenvalue weighted by molar-refractivity contribution is -0.150. The third kappa shape index (κ3) is 4.62. The zero-order chi connectivity index (χ0) is 24.3. The Morgan fingerprint density at radius 3 is 2.35 bits per heavy atom. The zero-order valence-corrected chi connectivity index (χ0v) is 19.9. The maximum atomic E-state index is 13.6. The maximum absolute atomic E-state index is 13.6. The van der Waals surface area contributed by atoms with Crippen molar-refractivity contribution in [1.82, 2.24) is 4.90 Å². The Morgan fingerprint density at radius 2 is 1.74 bits per heavy atom. The molecule has 1 heterocycles. The van der Waals surface area contributed by atoms with Crippen LogP contribution in [0.3, 0.4) is 0 Å². The molecule has 1 saturated carbocycles. The Morgan fingerprint density at radius 1 is 1.06 bits per heavy atom. The van der Waals surface area contributed by atoms with Crippen LogP contribution in [0, 0.1) is 11.7 Å². The monoisotopic (exact) mass is 469 g/mol. The molecule has 2 fully saturated rings. The van der Waals surface area contributed by atoms with Crippen LogP contribution in [0.25, 0.3) is 6.08 Å². The molecular formula is C27H32FNO5. The van der Waals surface area contributed by atoms with Gasteiger partial charge in [0.1, 0.15) is 5.82 Å². The number of benzene rings is 2. The smallest absolute Gasteiger partial charge is 0.247 e. The largest absolute Gasteiger partial charge is 0.493 e. The second-order valence-corrected chi connectivity index (χ2v) is 9.03. The van der Waals surface area contributed by atoms with Gasteiger partial charge in [-0.25, -0.2) is 4.39 Å². The van der Waals surface area contributed by atoms with E-state index in [2.05, 4.69) is 0 Å². The van der Waals surface area contributed by atoms with Crippen LogP contribution in [-0.4, -0.2) is 49.4 Å². The lowest BCUT2D eigenvalue weighted by Gasteiger charge is -2.52. The molecule has 1 N–H and O–H groups in total. The first-order valence-corrected chi connectivity index (χ1v) is 11.7. The van der Waals surface area contributed by atoms with Crippen molar-refractivity contribution < 1.29 is 28.5 Å². The Balaban J connectivity index is 1.65. The van der Waals surface area contributed by atoms with E-state index >= 15 is 0 Å². The number of rotatable bonds is 6. The average Bonchev–Trinajstić information content (AvgIpc) is 2.86. The first kappa shape index (κ1) is 24.1. The number of halogens is 1. The molecular weight excluding hydrogens is 437 g/mol. The van der Waals surface area contributed by atoms with Gasteiger partial charge in [0.05, 0.1) is 33.0 Å². The molecule has 1 aliphatic heterocycles. The van der Waals surface area contributed by atoms with Crippen molar-refractivity contribution in [3.8, 4) is 17.2 Å². The van der Waals surface area contributed by atoms with E-state index in [1.165, 1.54) is 25.3 Å². The number of carbonyl (C=O) groups is 1. The van der Waals surface area contributed by atoms with Gasteiger partial charge in [0, 0.05) is 18.5 Å². The summed E-state index contributed by atoms with van der Waals surface area (Å²) in [6, 6.07) is 9.53. The van der Waals surface area contributed by atoms with E-state index < -0.39 is 5.60 Å².